The third-order valence-corrected chi connectivity index (χ3v) is 4.59. The van der Waals surface area contributed by atoms with Crippen LogP contribution in [0.3, 0.4) is 0 Å². The molecule has 1 aliphatic heterocycles. The maximum absolute atomic E-state index is 12.2. The molecule has 0 saturated carbocycles. The van der Waals surface area contributed by atoms with E-state index >= 15 is 0 Å². The molecule has 1 N–H and O–H groups in total. The van der Waals surface area contributed by atoms with Crippen molar-refractivity contribution in [3.8, 4) is 0 Å². The van der Waals surface area contributed by atoms with Gasteiger partial charge in [-0.15, -0.1) is 0 Å². The standard InChI is InChI=1S/C19H30N2O.H2/c1-15(2)4-5-16-6-8-17(9-7-16)14-20-19(22)18-10-12-21(3)13-11-18;/h6-9,15,18H,4-5,10-14H2,1-3H3,(H,20,22);1H. The van der Waals surface area contributed by atoms with E-state index in [1.807, 2.05) is 0 Å². The van der Waals surface area contributed by atoms with Gasteiger partial charge in [-0.2, -0.15) is 0 Å². The second kappa shape index (κ2) is 8.33. The summed E-state index contributed by atoms with van der Waals surface area (Å²) in [6.07, 6.45) is 4.33. The maximum atomic E-state index is 12.2. The van der Waals surface area contributed by atoms with Crippen LogP contribution in [0.15, 0.2) is 24.3 Å². The minimum absolute atomic E-state index is 0. The molecule has 0 spiro atoms. The van der Waals surface area contributed by atoms with Crippen LogP contribution in [0.5, 0.6) is 0 Å². The van der Waals surface area contributed by atoms with Gasteiger partial charge in [0.05, 0.1) is 0 Å². The van der Waals surface area contributed by atoms with Crippen LogP contribution in [0.25, 0.3) is 0 Å². The lowest BCUT2D eigenvalue weighted by molar-refractivity contribution is -0.126. The summed E-state index contributed by atoms with van der Waals surface area (Å²) in [4.78, 5) is 14.5. The number of benzene rings is 1. The summed E-state index contributed by atoms with van der Waals surface area (Å²) in [5, 5.41) is 3.10. The number of hydrogen-bond acceptors (Lipinski definition) is 2. The second-order valence-electron chi connectivity index (χ2n) is 7.04. The molecule has 1 saturated heterocycles. The van der Waals surface area contributed by atoms with E-state index in [2.05, 4.69) is 55.4 Å². The van der Waals surface area contributed by atoms with Crippen LogP contribution >= 0.6 is 0 Å². The zero-order valence-electron chi connectivity index (χ0n) is 14.3. The number of likely N-dealkylation sites (tertiary alicyclic amines) is 1. The van der Waals surface area contributed by atoms with Crippen molar-refractivity contribution in [1.82, 2.24) is 10.2 Å². The summed E-state index contributed by atoms with van der Waals surface area (Å²) in [6.45, 7) is 7.22. The fourth-order valence-electron chi connectivity index (χ4n) is 2.88. The minimum Gasteiger partial charge on any atom is -0.352 e. The number of carbonyl (C=O) groups excluding carboxylic acids is 1. The Bertz CT molecular complexity index is 465. The highest BCUT2D eigenvalue weighted by Gasteiger charge is 2.22. The van der Waals surface area contributed by atoms with E-state index < -0.39 is 0 Å². The topological polar surface area (TPSA) is 32.3 Å². The molecule has 1 fully saturated rings. The predicted octanol–water partition coefficient (Wildman–Crippen LogP) is 3.48. The van der Waals surface area contributed by atoms with Crippen LogP contribution < -0.4 is 5.32 Å². The van der Waals surface area contributed by atoms with E-state index in [4.69, 9.17) is 0 Å². The summed E-state index contributed by atoms with van der Waals surface area (Å²) in [6, 6.07) is 8.67. The first kappa shape index (κ1) is 17.0. The Hall–Kier alpha value is -1.35. The van der Waals surface area contributed by atoms with Crippen molar-refractivity contribution >= 4 is 5.91 Å². The summed E-state index contributed by atoms with van der Waals surface area (Å²) in [7, 11) is 2.12. The average Bonchev–Trinajstić information content (AvgIpc) is 2.52. The zero-order chi connectivity index (χ0) is 15.9. The highest BCUT2D eigenvalue weighted by molar-refractivity contribution is 5.78. The third kappa shape index (κ3) is 5.45. The molecule has 3 nitrogen and oxygen atoms in total. The highest BCUT2D eigenvalue weighted by Crippen LogP contribution is 2.16. The third-order valence-electron chi connectivity index (χ3n) is 4.59. The molecule has 124 valence electrons. The number of amides is 1. The molecule has 22 heavy (non-hydrogen) atoms. The van der Waals surface area contributed by atoms with E-state index in [0.717, 1.165) is 38.3 Å². The molecule has 0 atom stereocenters. The van der Waals surface area contributed by atoms with Gasteiger partial charge in [0.25, 0.3) is 0 Å². The van der Waals surface area contributed by atoms with Crippen molar-refractivity contribution < 1.29 is 6.22 Å². The zero-order valence-corrected chi connectivity index (χ0v) is 14.3. The number of hydrogen-bond donors (Lipinski definition) is 1. The molecular weight excluding hydrogens is 272 g/mol. The van der Waals surface area contributed by atoms with Crippen molar-refractivity contribution in [1.29, 1.82) is 0 Å². The van der Waals surface area contributed by atoms with Crippen LogP contribution in [-0.4, -0.2) is 30.9 Å². The van der Waals surface area contributed by atoms with Gasteiger partial charge in [-0.05, 0) is 62.9 Å². The molecule has 0 aliphatic carbocycles. The average molecular weight is 304 g/mol. The molecule has 1 aromatic carbocycles. The van der Waals surface area contributed by atoms with Crippen molar-refractivity contribution in [3.63, 3.8) is 0 Å². The Balaban J connectivity index is 0.00000264. The summed E-state index contributed by atoms with van der Waals surface area (Å²) in [5.41, 5.74) is 2.58. The fraction of sp³-hybridized carbons (Fsp3) is 0.632. The molecule has 1 aliphatic rings. The van der Waals surface area contributed by atoms with E-state index in [1.165, 1.54) is 17.5 Å². The molecule has 2 rings (SSSR count). The molecule has 0 unspecified atom stereocenters. The van der Waals surface area contributed by atoms with Gasteiger partial charge < -0.3 is 10.2 Å². The van der Waals surface area contributed by atoms with Crippen LogP contribution in [0.1, 0.15) is 45.7 Å². The molecule has 1 aromatic rings. The minimum atomic E-state index is 0. The van der Waals surface area contributed by atoms with Gasteiger partial charge in [-0.1, -0.05) is 38.1 Å². The largest absolute Gasteiger partial charge is 0.352 e. The van der Waals surface area contributed by atoms with Crippen LogP contribution in [0.4, 0.5) is 0 Å². The molecule has 1 heterocycles. The highest BCUT2D eigenvalue weighted by atomic mass is 16.1. The number of nitrogens with one attached hydrogen (secondary N) is 1. The molecule has 0 aromatic heterocycles. The monoisotopic (exact) mass is 304 g/mol. The Morgan fingerprint density at radius 3 is 2.41 bits per heavy atom. The van der Waals surface area contributed by atoms with Gasteiger partial charge in [0, 0.05) is 13.9 Å². The second-order valence-corrected chi connectivity index (χ2v) is 7.04. The Morgan fingerprint density at radius 2 is 1.82 bits per heavy atom. The lowest BCUT2D eigenvalue weighted by Crippen LogP contribution is -2.38. The van der Waals surface area contributed by atoms with Gasteiger partial charge >= 0.3 is 0 Å². The number of aryl methyl sites for hydroxylation is 1. The predicted molar refractivity (Wildman–Crippen MR) is 93.8 cm³/mol. The van der Waals surface area contributed by atoms with Crippen molar-refractivity contribution in [2.24, 2.45) is 11.8 Å². The van der Waals surface area contributed by atoms with Crippen molar-refractivity contribution in [3.05, 3.63) is 35.4 Å². The van der Waals surface area contributed by atoms with Crippen LogP contribution in [0.2, 0.25) is 0 Å². The molecule has 0 radical (unpaired) electrons. The van der Waals surface area contributed by atoms with Gasteiger partial charge in [0.1, 0.15) is 0 Å². The Labute approximate surface area is 136 Å². The van der Waals surface area contributed by atoms with Gasteiger partial charge in [-0.25, -0.2) is 0 Å². The summed E-state index contributed by atoms with van der Waals surface area (Å²) in [5.74, 6) is 1.16. The SMILES string of the molecule is CC(C)CCc1ccc(CNC(=O)C2CCN(C)CC2)cc1.[HH]. The van der Waals surface area contributed by atoms with Gasteiger partial charge in [-0.3, -0.25) is 4.79 Å². The van der Waals surface area contributed by atoms with Gasteiger partial charge in [0.15, 0.2) is 0 Å². The summed E-state index contributed by atoms with van der Waals surface area (Å²) < 4.78 is 0. The van der Waals surface area contributed by atoms with Crippen molar-refractivity contribution in [2.45, 2.75) is 46.1 Å². The summed E-state index contributed by atoms with van der Waals surface area (Å²) >= 11 is 0. The molecule has 1 amide bonds. The van der Waals surface area contributed by atoms with E-state index in [9.17, 15) is 4.79 Å². The van der Waals surface area contributed by atoms with Gasteiger partial charge in [0.2, 0.25) is 5.91 Å². The normalized spacial score (nSPS) is 16.9. The Kier molecular flexibility index (Phi) is 6.44. The lowest BCUT2D eigenvalue weighted by atomic mass is 9.96. The lowest BCUT2D eigenvalue weighted by Gasteiger charge is -2.28. The number of nitrogens with zero attached hydrogens (tertiary/aromatic N) is 1. The number of piperidine rings is 1. The van der Waals surface area contributed by atoms with E-state index in [-0.39, 0.29) is 13.3 Å². The maximum Gasteiger partial charge on any atom is 0.223 e. The van der Waals surface area contributed by atoms with Crippen molar-refractivity contribution in [2.75, 3.05) is 20.1 Å². The first-order valence-electron chi connectivity index (χ1n) is 8.58. The molecule has 3 heteroatoms. The van der Waals surface area contributed by atoms with Crippen LogP contribution in [0, 0.1) is 11.8 Å². The number of rotatable bonds is 6. The van der Waals surface area contributed by atoms with E-state index in [1.54, 1.807) is 0 Å². The fourth-order valence-corrected chi connectivity index (χ4v) is 2.88. The number of carbonyl (C=O) groups is 1. The first-order chi connectivity index (χ1) is 10.5. The van der Waals surface area contributed by atoms with Crippen LogP contribution in [-0.2, 0) is 17.8 Å². The van der Waals surface area contributed by atoms with E-state index in [0.29, 0.717) is 6.54 Å². The molecular formula is C19H32N2O. The molecule has 0 bridgehead atoms. The quantitative estimate of drug-likeness (QED) is 0.872. The smallest absolute Gasteiger partial charge is 0.223 e. The first-order valence-corrected chi connectivity index (χ1v) is 8.58. The Morgan fingerprint density at radius 1 is 1.23 bits per heavy atom.